The summed E-state index contributed by atoms with van der Waals surface area (Å²) in [4.78, 5) is 37.8. The topological polar surface area (TPSA) is 142 Å². The van der Waals surface area contributed by atoms with Gasteiger partial charge in [-0.2, -0.15) is 0 Å². The number of hydrazine groups is 2. The maximum absolute atomic E-state index is 13.6. The molecule has 0 unspecified atom stereocenters. The van der Waals surface area contributed by atoms with Crippen molar-refractivity contribution in [2.45, 2.75) is 57.1 Å². The first kappa shape index (κ1) is 32.6. The van der Waals surface area contributed by atoms with Gasteiger partial charge in [-0.15, -0.1) is 5.53 Å². The van der Waals surface area contributed by atoms with Crippen LogP contribution in [0.25, 0.3) is 0 Å². The highest BCUT2D eigenvalue weighted by molar-refractivity contribution is 6.03. The number of rotatable bonds is 16. The summed E-state index contributed by atoms with van der Waals surface area (Å²) in [5.41, 5.74) is 10.4. The molecule has 2 heterocycles. The van der Waals surface area contributed by atoms with Crippen molar-refractivity contribution in [1.82, 2.24) is 16.0 Å². The Hall–Kier alpha value is -4.74. The largest absolute Gasteiger partial charge is 0.481 e. The number of amides is 1. The van der Waals surface area contributed by atoms with Crippen LogP contribution >= 0.6 is 0 Å². The zero-order valence-electron chi connectivity index (χ0n) is 25.4. The molecule has 10 nitrogen and oxygen atoms in total. The third-order valence-electron chi connectivity index (χ3n) is 8.72. The van der Waals surface area contributed by atoms with Crippen LogP contribution in [0, 0.1) is 17.7 Å². The first-order valence-electron chi connectivity index (χ1n) is 15.6. The fraction of sp³-hybridized carbons (Fsp3) is 0.343. The molecule has 0 spiro atoms. The molecule has 0 radical (unpaired) electrons. The number of benzene rings is 3. The molecule has 0 aliphatic carbocycles. The number of carbonyl (C=O) groups is 3. The normalized spacial score (nSPS) is 18.0. The van der Waals surface area contributed by atoms with Crippen molar-refractivity contribution in [3.8, 4) is 0 Å². The van der Waals surface area contributed by atoms with Crippen LogP contribution in [0.2, 0.25) is 0 Å². The van der Waals surface area contributed by atoms with E-state index in [4.69, 9.17) is 10.2 Å². The second-order valence-electron chi connectivity index (χ2n) is 11.8. The fourth-order valence-electron chi connectivity index (χ4n) is 6.12. The number of β-lactam (4-membered cyclic amide) rings is 1. The van der Waals surface area contributed by atoms with E-state index < -0.39 is 24.0 Å². The number of halogens is 1. The van der Waals surface area contributed by atoms with E-state index in [1.54, 1.807) is 17.0 Å². The third kappa shape index (κ3) is 7.91. The van der Waals surface area contributed by atoms with E-state index in [9.17, 15) is 23.9 Å². The van der Waals surface area contributed by atoms with Gasteiger partial charge in [0.2, 0.25) is 5.91 Å². The van der Waals surface area contributed by atoms with E-state index in [-0.39, 0.29) is 30.1 Å². The molecule has 1 fully saturated rings. The van der Waals surface area contributed by atoms with Crippen LogP contribution in [0.1, 0.15) is 66.5 Å². The molecular weight excluding hydrogens is 591 g/mol. The van der Waals surface area contributed by atoms with Gasteiger partial charge in [0.1, 0.15) is 5.82 Å². The lowest BCUT2D eigenvalue weighted by molar-refractivity contribution is -0.154. The Morgan fingerprint density at radius 2 is 1.48 bits per heavy atom. The Morgan fingerprint density at radius 1 is 0.848 bits per heavy atom. The van der Waals surface area contributed by atoms with Gasteiger partial charge in [0.05, 0.1) is 18.1 Å². The number of nitrogens with zero attached hydrogens (tertiary/aromatic N) is 2. The van der Waals surface area contributed by atoms with Crippen molar-refractivity contribution in [2.75, 3.05) is 11.4 Å². The van der Waals surface area contributed by atoms with Gasteiger partial charge >= 0.3 is 11.9 Å². The van der Waals surface area contributed by atoms with Crippen LogP contribution in [0.4, 0.5) is 10.1 Å². The lowest BCUT2D eigenvalue weighted by Crippen LogP contribution is -2.55. The van der Waals surface area contributed by atoms with Crippen LogP contribution in [0.3, 0.4) is 0 Å². The van der Waals surface area contributed by atoms with Gasteiger partial charge in [-0.1, -0.05) is 48.5 Å². The standard InChI is InChI=1S/C35H39FN4O6/c36-27-14-12-25(13-15-27)31(41)19-18-29-32(26-10-6-23(7-11-26)3-1-5-30(34(43)44)35(45)46)40(33(29)42)28-16-8-24(9-17-28)4-2-21-39-22-20-37-38-39/h6-17,20,22,29-32,37-38,41H,1-5,18-19,21H2,(H,43,44)(H,45,46)/t29-,31+,32-/m1/s1. The molecule has 5 rings (SSSR count). The second kappa shape index (κ2) is 15.0. The Kier molecular flexibility index (Phi) is 10.7. The molecule has 2 aliphatic heterocycles. The van der Waals surface area contributed by atoms with E-state index in [0.29, 0.717) is 31.2 Å². The number of aryl methyl sites for hydroxylation is 2. The van der Waals surface area contributed by atoms with Crippen LogP contribution in [0.5, 0.6) is 0 Å². The lowest BCUT2D eigenvalue weighted by atomic mass is 9.78. The van der Waals surface area contributed by atoms with Gasteiger partial charge < -0.3 is 25.6 Å². The van der Waals surface area contributed by atoms with E-state index in [0.717, 1.165) is 36.2 Å². The van der Waals surface area contributed by atoms with Gasteiger partial charge in [0.25, 0.3) is 0 Å². The first-order valence-corrected chi connectivity index (χ1v) is 15.6. The summed E-state index contributed by atoms with van der Waals surface area (Å²) in [5, 5.41) is 31.0. The number of carbonyl (C=O) groups excluding carboxylic acids is 1. The minimum absolute atomic E-state index is 0.0269. The summed E-state index contributed by atoms with van der Waals surface area (Å²) < 4.78 is 13.4. The van der Waals surface area contributed by atoms with Gasteiger partial charge in [0, 0.05) is 24.6 Å². The van der Waals surface area contributed by atoms with E-state index in [1.165, 1.54) is 17.7 Å². The highest BCUT2D eigenvalue weighted by Crippen LogP contribution is 2.46. The molecule has 2 aliphatic rings. The van der Waals surface area contributed by atoms with E-state index in [2.05, 4.69) is 11.0 Å². The quantitative estimate of drug-likeness (QED) is 0.111. The van der Waals surface area contributed by atoms with Crippen LogP contribution in [-0.2, 0) is 27.2 Å². The zero-order chi connectivity index (χ0) is 32.6. The average Bonchev–Trinajstić information content (AvgIpc) is 3.56. The molecule has 3 aromatic carbocycles. The molecule has 3 atom stereocenters. The minimum Gasteiger partial charge on any atom is -0.481 e. The molecule has 0 bridgehead atoms. The number of carboxylic acid groups (broad SMARTS) is 2. The Bertz CT molecular complexity index is 1520. The summed E-state index contributed by atoms with van der Waals surface area (Å²) in [6.07, 6.45) is 6.53. The molecule has 1 saturated heterocycles. The van der Waals surface area contributed by atoms with Gasteiger partial charge in [-0.05, 0) is 91.5 Å². The molecule has 3 aromatic rings. The van der Waals surface area contributed by atoms with Gasteiger partial charge in [-0.3, -0.25) is 19.4 Å². The summed E-state index contributed by atoms with van der Waals surface area (Å²) in [7, 11) is 0. The second-order valence-corrected chi connectivity index (χ2v) is 11.8. The monoisotopic (exact) mass is 630 g/mol. The number of aliphatic hydroxyl groups excluding tert-OH is 1. The predicted octanol–water partition coefficient (Wildman–Crippen LogP) is 4.88. The highest BCUT2D eigenvalue weighted by atomic mass is 19.1. The summed E-state index contributed by atoms with van der Waals surface area (Å²) in [5.74, 6) is -4.87. The average molecular weight is 631 g/mol. The van der Waals surface area contributed by atoms with E-state index >= 15 is 0 Å². The smallest absolute Gasteiger partial charge is 0.317 e. The summed E-state index contributed by atoms with van der Waals surface area (Å²) in [6, 6.07) is 21.3. The predicted molar refractivity (Wildman–Crippen MR) is 169 cm³/mol. The minimum atomic E-state index is -1.43. The number of aliphatic hydroxyl groups is 1. The Balaban J connectivity index is 1.27. The summed E-state index contributed by atoms with van der Waals surface area (Å²) >= 11 is 0. The fourth-order valence-corrected chi connectivity index (χ4v) is 6.12. The highest BCUT2D eigenvalue weighted by Gasteiger charge is 2.48. The van der Waals surface area contributed by atoms with E-state index in [1.807, 2.05) is 65.9 Å². The van der Waals surface area contributed by atoms with Crippen molar-refractivity contribution in [2.24, 2.45) is 11.8 Å². The molecule has 242 valence electrons. The van der Waals surface area contributed by atoms with Crippen LogP contribution < -0.4 is 15.9 Å². The first-order chi connectivity index (χ1) is 22.2. The number of hydrogen-bond donors (Lipinski definition) is 5. The molecule has 1 amide bonds. The maximum atomic E-state index is 13.6. The van der Waals surface area contributed by atoms with Crippen molar-refractivity contribution >= 4 is 23.5 Å². The molecule has 11 heteroatoms. The summed E-state index contributed by atoms with van der Waals surface area (Å²) in [6.45, 7) is 0.846. The number of anilines is 1. The molecule has 46 heavy (non-hydrogen) atoms. The van der Waals surface area contributed by atoms with Crippen molar-refractivity contribution < 1.29 is 34.1 Å². The number of carboxylic acids is 2. The maximum Gasteiger partial charge on any atom is 0.317 e. The molecule has 0 aromatic heterocycles. The van der Waals surface area contributed by atoms with Gasteiger partial charge in [0.15, 0.2) is 5.92 Å². The number of nitrogens with one attached hydrogen (secondary N) is 2. The van der Waals surface area contributed by atoms with Gasteiger partial charge in [-0.25, -0.2) is 4.39 Å². The molecule has 0 saturated carbocycles. The Labute approximate surface area is 267 Å². The van der Waals surface area contributed by atoms with Crippen molar-refractivity contribution in [3.05, 3.63) is 113 Å². The lowest BCUT2D eigenvalue weighted by Gasteiger charge is -2.48. The molecule has 5 N–H and O–H groups in total. The molecular formula is C35H39FN4O6. The van der Waals surface area contributed by atoms with Crippen molar-refractivity contribution in [1.29, 1.82) is 0 Å². The number of aliphatic carboxylic acids is 2. The number of hydrogen-bond acceptors (Lipinski definition) is 7. The zero-order valence-corrected chi connectivity index (χ0v) is 25.4. The SMILES string of the molecule is O=C(O)C(CCCc1ccc([C@@H]2[C@@H](CC[C@H](O)c3ccc(F)cc3)C(=O)N2c2ccc(CCCN3C=CNN3)cc2)cc1)C(=O)O. The van der Waals surface area contributed by atoms with Crippen LogP contribution in [0.15, 0.2) is 85.2 Å². The third-order valence-corrected chi connectivity index (χ3v) is 8.72. The Morgan fingerprint density at radius 3 is 2.09 bits per heavy atom. The van der Waals surface area contributed by atoms with Crippen LogP contribution in [-0.4, -0.2) is 44.7 Å². The van der Waals surface area contributed by atoms with Crippen molar-refractivity contribution in [3.63, 3.8) is 0 Å².